The van der Waals surface area contributed by atoms with Gasteiger partial charge in [0.05, 0.1) is 0 Å². The zero-order valence-electron chi connectivity index (χ0n) is 12.5. The molecule has 2 aliphatic rings. The fourth-order valence-electron chi connectivity index (χ4n) is 2.70. The van der Waals surface area contributed by atoms with Crippen molar-refractivity contribution in [2.75, 3.05) is 11.4 Å². The molecule has 0 aromatic heterocycles. The van der Waals surface area contributed by atoms with E-state index in [-0.39, 0.29) is 0 Å². The molecule has 0 unspecified atom stereocenters. The summed E-state index contributed by atoms with van der Waals surface area (Å²) < 4.78 is 1.18. The van der Waals surface area contributed by atoms with Gasteiger partial charge in [0.1, 0.15) is 0 Å². The lowest BCUT2D eigenvalue weighted by Gasteiger charge is -2.28. The molecule has 0 aliphatic heterocycles. The van der Waals surface area contributed by atoms with Crippen LogP contribution in [0.4, 0.5) is 5.69 Å². The molecule has 1 N–H and O–H groups in total. The van der Waals surface area contributed by atoms with Crippen LogP contribution < -0.4 is 10.2 Å². The van der Waals surface area contributed by atoms with Crippen LogP contribution in [0, 0.1) is 5.92 Å². The van der Waals surface area contributed by atoms with Crippen LogP contribution in [0.5, 0.6) is 0 Å². The molecular formula is C17H25BrN2. The van der Waals surface area contributed by atoms with Crippen LogP contribution in [0.2, 0.25) is 0 Å². The summed E-state index contributed by atoms with van der Waals surface area (Å²) in [6, 6.07) is 8.11. The predicted molar refractivity (Wildman–Crippen MR) is 89.2 cm³/mol. The van der Waals surface area contributed by atoms with Crippen molar-refractivity contribution >= 4 is 21.6 Å². The topological polar surface area (TPSA) is 15.3 Å². The van der Waals surface area contributed by atoms with Crippen LogP contribution in [0.25, 0.3) is 0 Å². The van der Waals surface area contributed by atoms with E-state index in [4.69, 9.17) is 0 Å². The van der Waals surface area contributed by atoms with Gasteiger partial charge in [-0.05, 0) is 55.4 Å². The van der Waals surface area contributed by atoms with Crippen molar-refractivity contribution in [2.24, 2.45) is 5.92 Å². The van der Waals surface area contributed by atoms with Gasteiger partial charge in [0.2, 0.25) is 0 Å². The maximum absolute atomic E-state index is 3.62. The Morgan fingerprint density at radius 1 is 1.25 bits per heavy atom. The molecular weight excluding hydrogens is 312 g/mol. The van der Waals surface area contributed by atoms with Crippen molar-refractivity contribution < 1.29 is 0 Å². The Labute approximate surface area is 131 Å². The Hall–Kier alpha value is -0.540. The number of hydrogen-bond donors (Lipinski definition) is 1. The van der Waals surface area contributed by atoms with Gasteiger partial charge in [-0.1, -0.05) is 29.8 Å². The Bertz CT molecular complexity index is 464. The van der Waals surface area contributed by atoms with Crippen molar-refractivity contribution in [3.63, 3.8) is 0 Å². The number of rotatable bonds is 7. The first-order valence-electron chi connectivity index (χ1n) is 7.92. The average molecular weight is 337 g/mol. The minimum absolute atomic E-state index is 0.527. The van der Waals surface area contributed by atoms with Gasteiger partial charge in [0, 0.05) is 35.3 Å². The molecule has 0 bridgehead atoms. The molecule has 0 heterocycles. The smallest absolute Gasteiger partial charge is 0.0415 e. The number of halogens is 1. The Morgan fingerprint density at radius 3 is 2.60 bits per heavy atom. The summed E-state index contributed by atoms with van der Waals surface area (Å²) in [5.74, 6) is 0.949. The van der Waals surface area contributed by atoms with Gasteiger partial charge < -0.3 is 10.2 Å². The second kappa shape index (κ2) is 6.07. The zero-order chi connectivity index (χ0) is 14.1. The number of nitrogens with zero attached hydrogens (tertiary/aromatic N) is 1. The summed E-state index contributed by atoms with van der Waals surface area (Å²) in [5.41, 5.74) is 2.89. The summed E-state index contributed by atoms with van der Waals surface area (Å²) in [7, 11) is 0. The van der Waals surface area contributed by atoms with Gasteiger partial charge in [-0.25, -0.2) is 0 Å². The second-order valence-electron chi connectivity index (χ2n) is 6.64. The quantitative estimate of drug-likeness (QED) is 0.797. The van der Waals surface area contributed by atoms with Crippen LogP contribution in [0.15, 0.2) is 22.7 Å². The Morgan fingerprint density at radius 2 is 2.00 bits per heavy atom. The van der Waals surface area contributed by atoms with Crippen molar-refractivity contribution in [1.29, 1.82) is 0 Å². The first-order chi connectivity index (χ1) is 9.63. The maximum atomic E-state index is 3.62. The summed E-state index contributed by atoms with van der Waals surface area (Å²) in [6.07, 6.45) is 5.61. The molecule has 1 aromatic rings. The number of benzene rings is 1. The summed E-state index contributed by atoms with van der Waals surface area (Å²) in [4.78, 5) is 2.68. The first kappa shape index (κ1) is 14.4. The highest BCUT2D eigenvalue weighted by Gasteiger charge is 2.34. The molecule has 1 aromatic carbocycles. The lowest BCUT2D eigenvalue weighted by Crippen LogP contribution is -2.30. The fourth-order valence-corrected chi connectivity index (χ4v) is 3.11. The molecule has 2 fully saturated rings. The third kappa shape index (κ3) is 3.76. The number of hydrogen-bond acceptors (Lipinski definition) is 2. The van der Waals surface area contributed by atoms with E-state index in [0.717, 1.165) is 18.5 Å². The highest BCUT2D eigenvalue weighted by atomic mass is 79.9. The standard InChI is InChI=1S/C17H25BrN2/c1-12(2)19-10-14-9-15(18)5-8-17(14)20(16-6-7-16)11-13-3-4-13/h5,8-9,12-13,16,19H,3-4,6-7,10-11H2,1-2H3. The van der Waals surface area contributed by atoms with Gasteiger partial charge in [-0.15, -0.1) is 0 Å². The molecule has 0 saturated heterocycles. The van der Waals surface area contributed by atoms with Crippen molar-refractivity contribution in [3.05, 3.63) is 28.2 Å². The van der Waals surface area contributed by atoms with Crippen LogP contribution in [0.3, 0.4) is 0 Å². The molecule has 2 saturated carbocycles. The monoisotopic (exact) mass is 336 g/mol. The minimum atomic E-state index is 0.527. The molecule has 110 valence electrons. The van der Waals surface area contributed by atoms with Crippen molar-refractivity contribution in [1.82, 2.24) is 5.32 Å². The number of anilines is 1. The maximum Gasteiger partial charge on any atom is 0.0415 e. The van der Waals surface area contributed by atoms with Gasteiger partial charge in [0.15, 0.2) is 0 Å². The summed E-state index contributed by atoms with van der Waals surface area (Å²) >= 11 is 3.62. The Balaban J connectivity index is 1.81. The van der Waals surface area contributed by atoms with Crippen LogP contribution in [-0.4, -0.2) is 18.6 Å². The van der Waals surface area contributed by atoms with Crippen LogP contribution in [-0.2, 0) is 6.54 Å². The second-order valence-corrected chi connectivity index (χ2v) is 7.55. The van der Waals surface area contributed by atoms with E-state index >= 15 is 0 Å². The lowest BCUT2D eigenvalue weighted by atomic mass is 10.1. The summed E-state index contributed by atoms with van der Waals surface area (Å²) in [5, 5.41) is 3.57. The van der Waals surface area contributed by atoms with Gasteiger partial charge >= 0.3 is 0 Å². The molecule has 20 heavy (non-hydrogen) atoms. The third-order valence-corrected chi connectivity index (χ3v) is 4.68. The van der Waals surface area contributed by atoms with E-state index in [1.165, 1.54) is 48.0 Å². The van der Waals surface area contributed by atoms with E-state index in [1.807, 2.05) is 0 Å². The van der Waals surface area contributed by atoms with Crippen molar-refractivity contribution in [3.8, 4) is 0 Å². The minimum Gasteiger partial charge on any atom is -0.368 e. The molecule has 0 amide bonds. The lowest BCUT2D eigenvalue weighted by molar-refractivity contribution is 0.586. The molecule has 3 rings (SSSR count). The first-order valence-corrected chi connectivity index (χ1v) is 8.71. The van der Waals surface area contributed by atoms with Gasteiger partial charge in [-0.3, -0.25) is 0 Å². The van der Waals surface area contributed by atoms with Gasteiger partial charge in [-0.2, -0.15) is 0 Å². The molecule has 0 spiro atoms. The summed E-state index contributed by atoms with van der Waals surface area (Å²) in [6.45, 7) is 6.64. The van der Waals surface area contributed by atoms with Crippen LogP contribution >= 0.6 is 15.9 Å². The SMILES string of the molecule is CC(C)NCc1cc(Br)ccc1N(CC1CC1)C1CC1. The van der Waals surface area contributed by atoms with E-state index < -0.39 is 0 Å². The van der Waals surface area contributed by atoms with E-state index in [9.17, 15) is 0 Å². The third-order valence-electron chi connectivity index (χ3n) is 4.19. The van der Waals surface area contributed by atoms with Crippen molar-refractivity contribution in [2.45, 2.75) is 58.2 Å². The van der Waals surface area contributed by atoms with E-state index in [0.29, 0.717) is 6.04 Å². The van der Waals surface area contributed by atoms with E-state index in [1.54, 1.807) is 0 Å². The molecule has 2 nitrogen and oxygen atoms in total. The van der Waals surface area contributed by atoms with Gasteiger partial charge in [0.25, 0.3) is 0 Å². The fraction of sp³-hybridized carbons (Fsp3) is 0.647. The number of nitrogens with one attached hydrogen (secondary N) is 1. The molecule has 3 heteroatoms. The normalized spacial score (nSPS) is 18.6. The Kier molecular flexibility index (Phi) is 4.37. The molecule has 0 radical (unpaired) electrons. The average Bonchev–Trinajstić information content (AvgIpc) is 3.26. The van der Waals surface area contributed by atoms with Crippen LogP contribution in [0.1, 0.15) is 45.1 Å². The highest BCUT2D eigenvalue weighted by Crippen LogP contribution is 2.39. The predicted octanol–water partition coefficient (Wildman–Crippen LogP) is 4.33. The zero-order valence-corrected chi connectivity index (χ0v) is 14.1. The highest BCUT2D eigenvalue weighted by molar-refractivity contribution is 9.10. The molecule has 0 atom stereocenters. The largest absolute Gasteiger partial charge is 0.368 e. The molecule has 2 aliphatic carbocycles. The van der Waals surface area contributed by atoms with E-state index in [2.05, 4.69) is 58.2 Å².